The molecule has 0 aliphatic carbocycles. The lowest BCUT2D eigenvalue weighted by atomic mass is 10.2. The van der Waals surface area contributed by atoms with E-state index in [1.807, 2.05) is 0 Å². The highest BCUT2D eigenvalue weighted by Crippen LogP contribution is 2.37. The van der Waals surface area contributed by atoms with Gasteiger partial charge in [-0.3, -0.25) is 10.1 Å². The first-order chi connectivity index (χ1) is 10.9. The van der Waals surface area contributed by atoms with Crippen LogP contribution in [0.25, 0.3) is 0 Å². The molecule has 0 unspecified atom stereocenters. The number of benzene rings is 2. The summed E-state index contributed by atoms with van der Waals surface area (Å²) in [5, 5.41) is 10.6. The van der Waals surface area contributed by atoms with E-state index in [2.05, 4.69) is 15.9 Å². The van der Waals surface area contributed by atoms with Crippen molar-refractivity contribution in [3.05, 3.63) is 62.1 Å². The molecule has 0 aliphatic heterocycles. The van der Waals surface area contributed by atoms with E-state index in [0.29, 0.717) is 21.5 Å². The van der Waals surface area contributed by atoms with Crippen molar-refractivity contribution in [2.24, 2.45) is 5.73 Å². The fourth-order valence-electron chi connectivity index (χ4n) is 1.87. The minimum atomic E-state index is -0.446. The SMILES string of the molecule is COc1cc(C(N)=S)cc(Br)c1OCc1ccc([N+](=O)[O-])cc1. The second-order valence-electron chi connectivity index (χ2n) is 4.57. The molecule has 2 N–H and O–H groups in total. The van der Waals surface area contributed by atoms with Crippen LogP contribution in [0.1, 0.15) is 11.1 Å². The zero-order valence-corrected chi connectivity index (χ0v) is 14.5. The highest BCUT2D eigenvalue weighted by molar-refractivity contribution is 9.10. The number of halogens is 1. The minimum Gasteiger partial charge on any atom is -0.493 e. The van der Waals surface area contributed by atoms with Crippen LogP contribution in [0.2, 0.25) is 0 Å². The molecule has 0 spiro atoms. The number of hydrogen-bond acceptors (Lipinski definition) is 5. The summed E-state index contributed by atoms with van der Waals surface area (Å²) in [7, 11) is 1.52. The molecule has 8 heteroatoms. The van der Waals surface area contributed by atoms with Crippen LogP contribution in [-0.2, 0) is 6.61 Å². The number of nitrogens with two attached hydrogens (primary N) is 1. The van der Waals surface area contributed by atoms with Gasteiger partial charge < -0.3 is 15.2 Å². The smallest absolute Gasteiger partial charge is 0.269 e. The van der Waals surface area contributed by atoms with Gasteiger partial charge in [-0.2, -0.15) is 0 Å². The van der Waals surface area contributed by atoms with Crippen molar-refractivity contribution in [3.8, 4) is 11.5 Å². The predicted molar refractivity (Wildman–Crippen MR) is 94.0 cm³/mol. The zero-order chi connectivity index (χ0) is 17.0. The van der Waals surface area contributed by atoms with Gasteiger partial charge in [0, 0.05) is 17.7 Å². The number of methoxy groups -OCH3 is 1. The molecule has 0 aromatic heterocycles. The monoisotopic (exact) mass is 396 g/mol. The van der Waals surface area contributed by atoms with Gasteiger partial charge in [-0.05, 0) is 45.8 Å². The van der Waals surface area contributed by atoms with Crippen LogP contribution in [0.4, 0.5) is 5.69 Å². The second kappa shape index (κ2) is 7.38. The lowest BCUT2D eigenvalue weighted by molar-refractivity contribution is -0.384. The minimum absolute atomic E-state index is 0.0355. The van der Waals surface area contributed by atoms with Crippen molar-refractivity contribution < 1.29 is 14.4 Å². The fourth-order valence-corrected chi connectivity index (χ4v) is 2.55. The first-order valence-corrected chi connectivity index (χ1v) is 7.66. The highest BCUT2D eigenvalue weighted by Gasteiger charge is 2.13. The molecule has 0 amide bonds. The van der Waals surface area contributed by atoms with E-state index in [-0.39, 0.29) is 17.3 Å². The summed E-state index contributed by atoms with van der Waals surface area (Å²) in [6, 6.07) is 9.58. The Morgan fingerprint density at radius 3 is 2.52 bits per heavy atom. The van der Waals surface area contributed by atoms with E-state index in [9.17, 15) is 10.1 Å². The summed E-state index contributed by atoms with van der Waals surface area (Å²) in [5.74, 6) is 0.995. The molecule has 0 radical (unpaired) electrons. The van der Waals surface area contributed by atoms with Crippen LogP contribution in [0.3, 0.4) is 0 Å². The van der Waals surface area contributed by atoms with Crippen LogP contribution < -0.4 is 15.2 Å². The van der Waals surface area contributed by atoms with Gasteiger partial charge in [-0.15, -0.1) is 0 Å². The Balaban J connectivity index is 2.19. The third kappa shape index (κ3) is 4.17. The zero-order valence-electron chi connectivity index (χ0n) is 12.1. The average molecular weight is 397 g/mol. The molecule has 0 heterocycles. The maximum atomic E-state index is 10.6. The molecule has 0 aliphatic rings. The predicted octanol–water partition coefficient (Wildman–Crippen LogP) is 3.58. The standard InChI is InChI=1S/C15H13BrN2O4S/c1-21-13-7-10(15(17)23)6-12(16)14(13)22-8-9-2-4-11(5-3-9)18(19)20/h2-7H,8H2,1H3,(H2,17,23). The largest absolute Gasteiger partial charge is 0.493 e. The van der Waals surface area contributed by atoms with Gasteiger partial charge in [0.1, 0.15) is 11.6 Å². The highest BCUT2D eigenvalue weighted by atomic mass is 79.9. The second-order valence-corrected chi connectivity index (χ2v) is 5.86. The summed E-state index contributed by atoms with van der Waals surface area (Å²) in [6.45, 7) is 0.235. The molecule has 0 saturated carbocycles. The Bertz CT molecular complexity index is 750. The Kier molecular flexibility index (Phi) is 5.51. The number of nitrogens with zero attached hydrogens (tertiary/aromatic N) is 1. The molecule has 120 valence electrons. The van der Waals surface area contributed by atoms with E-state index in [0.717, 1.165) is 5.56 Å². The lowest BCUT2D eigenvalue weighted by Crippen LogP contribution is -2.10. The van der Waals surface area contributed by atoms with E-state index in [4.69, 9.17) is 27.4 Å². The molecule has 23 heavy (non-hydrogen) atoms. The van der Waals surface area contributed by atoms with Gasteiger partial charge >= 0.3 is 0 Å². The van der Waals surface area contributed by atoms with Crippen LogP contribution in [0.15, 0.2) is 40.9 Å². The molecule has 2 aromatic rings. The number of ether oxygens (including phenoxy) is 2. The normalized spacial score (nSPS) is 10.2. The Morgan fingerprint density at radius 1 is 1.35 bits per heavy atom. The third-order valence-corrected chi connectivity index (χ3v) is 3.87. The Morgan fingerprint density at radius 2 is 2.00 bits per heavy atom. The first-order valence-electron chi connectivity index (χ1n) is 6.46. The summed E-state index contributed by atoms with van der Waals surface area (Å²) >= 11 is 8.35. The van der Waals surface area contributed by atoms with Gasteiger partial charge in [0.05, 0.1) is 16.5 Å². The summed E-state index contributed by atoms with van der Waals surface area (Å²) in [5.41, 5.74) is 7.11. The van der Waals surface area contributed by atoms with Gasteiger partial charge in [-0.25, -0.2) is 0 Å². The molecular weight excluding hydrogens is 384 g/mol. The Labute approximate surface area is 146 Å². The van der Waals surface area contributed by atoms with Crippen LogP contribution in [-0.4, -0.2) is 17.0 Å². The number of non-ortho nitro benzene ring substituents is 1. The maximum Gasteiger partial charge on any atom is 0.269 e. The van der Waals surface area contributed by atoms with Crippen LogP contribution in [0, 0.1) is 10.1 Å². The summed E-state index contributed by atoms with van der Waals surface area (Å²) < 4.78 is 11.7. The lowest BCUT2D eigenvalue weighted by Gasteiger charge is -2.14. The van der Waals surface area contributed by atoms with Crippen molar-refractivity contribution in [2.45, 2.75) is 6.61 Å². The molecule has 2 aromatic carbocycles. The molecule has 6 nitrogen and oxygen atoms in total. The molecule has 0 fully saturated rings. The molecular formula is C15H13BrN2O4S. The summed E-state index contributed by atoms with van der Waals surface area (Å²) in [4.78, 5) is 10.4. The average Bonchev–Trinajstić information content (AvgIpc) is 2.53. The Hall–Kier alpha value is -2.19. The van der Waals surface area contributed by atoms with E-state index in [1.54, 1.807) is 24.3 Å². The number of nitro benzene ring substituents is 1. The fraction of sp³-hybridized carbons (Fsp3) is 0.133. The van der Waals surface area contributed by atoms with Gasteiger partial charge in [0.2, 0.25) is 0 Å². The van der Waals surface area contributed by atoms with Crippen LogP contribution in [0.5, 0.6) is 11.5 Å². The van der Waals surface area contributed by atoms with E-state index < -0.39 is 4.92 Å². The van der Waals surface area contributed by atoms with E-state index in [1.165, 1.54) is 19.2 Å². The topological polar surface area (TPSA) is 87.6 Å². The van der Waals surface area contributed by atoms with Crippen molar-refractivity contribution in [1.82, 2.24) is 0 Å². The number of hydrogen-bond donors (Lipinski definition) is 1. The molecule has 0 saturated heterocycles. The van der Waals surface area contributed by atoms with Crippen molar-refractivity contribution in [1.29, 1.82) is 0 Å². The van der Waals surface area contributed by atoms with Crippen molar-refractivity contribution in [3.63, 3.8) is 0 Å². The first kappa shape index (κ1) is 17.2. The molecule has 2 rings (SSSR count). The molecule has 0 atom stereocenters. The van der Waals surface area contributed by atoms with E-state index >= 15 is 0 Å². The maximum absolute atomic E-state index is 10.6. The third-order valence-electron chi connectivity index (χ3n) is 3.04. The van der Waals surface area contributed by atoms with Crippen LogP contribution >= 0.6 is 28.1 Å². The van der Waals surface area contributed by atoms with Gasteiger partial charge in [-0.1, -0.05) is 12.2 Å². The van der Waals surface area contributed by atoms with Gasteiger partial charge in [0.25, 0.3) is 5.69 Å². The number of thiocarbonyl (C=S) groups is 1. The molecule has 0 bridgehead atoms. The number of rotatable bonds is 6. The van der Waals surface area contributed by atoms with Gasteiger partial charge in [0.15, 0.2) is 11.5 Å². The van der Waals surface area contributed by atoms with Crippen molar-refractivity contribution >= 4 is 38.8 Å². The van der Waals surface area contributed by atoms with Crippen molar-refractivity contribution in [2.75, 3.05) is 7.11 Å². The number of nitro groups is 1. The summed E-state index contributed by atoms with van der Waals surface area (Å²) in [6.07, 6.45) is 0. The quantitative estimate of drug-likeness (QED) is 0.456.